The topological polar surface area (TPSA) is 17.4 Å². The van der Waals surface area contributed by atoms with Crippen LogP contribution in [0.5, 0.6) is 0 Å². The fourth-order valence-electron chi connectivity index (χ4n) is 3.22. The standard InChI is InChI=1S/C18H23FN2O/c1-22-10-8-15-11-20(13-16-5-2-3-7-18(16)19)14-17-6-4-9-21(17)12-15/h2-7,9,15H,8,10-14H2,1H3. The van der Waals surface area contributed by atoms with Crippen molar-refractivity contribution in [3.05, 3.63) is 59.7 Å². The predicted octanol–water partition coefficient (Wildman–Crippen LogP) is 3.30. The summed E-state index contributed by atoms with van der Waals surface area (Å²) < 4.78 is 21.5. The summed E-state index contributed by atoms with van der Waals surface area (Å²) in [5, 5.41) is 0. The molecule has 4 heteroatoms. The Morgan fingerprint density at radius 3 is 2.86 bits per heavy atom. The van der Waals surface area contributed by atoms with E-state index in [1.54, 1.807) is 13.2 Å². The number of halogens is 1. The predicted molar refractivity (Wildman–Crippen MR) is 84.9 cm³/mol. The van der Waals surface area contributed by atoms with Crippen molar-refractivity contribution >= 4 is 0 Å². The highest BCUT2D eigenvalue weighted by atomic mass is 19.1. The van der Waals surface area contributed by atoms with Gasteiger partial charge in [-0.3, -0.25) is 4.90 Å². The van der Waals surface area contributed by atoms with Gasteiger partial charge in [0.05, 0.1) is 0 Å². The van der Waals surface area contributed by atoms with Gasteiger partial charge in [0.2, 0.25) is 0 Å². The third-order valence-electron chi connectivity index (χ3n) is 4.36. The summed E-state index contributed by atoms with van der Waals surface area (Å²) in [6.45, 7) is 4.28. The van der Waals surface area contributed by atoms with Crippen LogP contribution in [0.3, 0.4) is 0 Å². The fraction of sp³-hybridized carbons (Fsp3) is 0.444. The number of rotatable bonds is 5. The number of hydrogen-bond donors (Lipinski definition) is 0. The first kappa shape index (κ1) is 15.3. The molecule has 0 saturated heterocycles. The lowest BCUT2D eigenvalue weighted by Gasteiger charge is -2.24. The van der Waals surface area contributed by atoms with Crippen molar-refractivity contribution < 1.29 is 9.13 Å². The van der Waals surface area contributed by atoms with E-state index >= 15 is 0 Å². The normalized spacial score (nSPS) is 18.9. The fourth-order valence-corrected chi connectivity index (χ4v) is 3.22. The van der Waals surface area contributed by atoms with Gasteiger partial charge in [-0.05, 0) is 30.5 Å². The molecule has 2 aromatic rings. The molecule has 0 radical (unpaired) electrons. The van der Waals surface area contributed by atoms with Crippen LogP contribution in [0.4, 0.5) is 4.39 Å². The molecule has 0 saturated carbocycles. The van der Waals surface area contributed by atoms with Crippen LogP contribution in [0.2, 0.25) is 0 Å². The van der Waals surface area contributed by atoms with Gasteiger partial charge in [0, 0.05) is 57.3 Å². The van der Waals surface area contributed by atoms with Crippen molar-refractivity contribution in [1.29, 1.82) is 0 Å². The van der Waals surface area contributed by atoms with Crippen molar-refractivity contribution in [1.82, 2.24) is 9.47 Å². The molecule has 0 spiro atoms. The molecule has 1 unspecified atom stereocenters. The Bertz CT molecular complexity index is 611. The summed E-state index contributed by atoms with van der Waals surface area (Å²) in [7, 11) is 1.74. The number of hydrogen-bond acceptors (Lipinski definition) is 2. The van der Waals surface area contributed by atoms with Crippen LogP contribution in [0.25, 0.3) is 0 Å². The second-order valence-corrected chi connectivity index (χ2v) is 6.06. The van der Waals surface area contributed by atoms with E-state index in [4.69, 9.17) is 4.74 Å². The minimum atomic E-state index is -0.115. The molecule has 2 heterocycles. The average molecular weight is 302 g/mol. The van der Waals surface area contributed by atoms with E-state index in [1.807, 2.05) is 12.1 Å². The Morgan fingerprint density at radius 2 is 2.05 bits per heavy atom. The lowest BCUT2D eigenvalue weighted by Crippen LogP contribution is -2.28. The Kier molecular flexibility index (Phi) is 4.90. The van der Waals surface area contributed by atoms with Crippen molar-refractivity contribution in [2.24, 2.45) is 5.92 Å². The first-order chi connectivity index (χ1) is 10.8. The number of aromatic nitrogens is 1. The van der Waals surface area contributed by atoms with Gasteiger partial charge in [0.25, 0.3) is 0 Å². The lowest BCUT2D eigenvalue weighted by molar-refractivity contribution is 0.151. The van der Waals surface area contributed by atoms with Gasteiger partial charge in [0.15, 0.2) is 0 Å². The molecule has 0 bridgehead atoms. The van der Waals surface area contributed by atoms with Crippen LogP contribution in [0.15, 0.2) is 42.6 Å². The molecule has 0 aliphatic carbocycles. The molecule has 3 nitrogen and oxygen atoms in total. The van der Waals surface area contributed by atoms with Crippen molar-refractivity contribution in [3.63, 3.8) is 0 Å². The molecule has 1 aromatic heterocycles. The first-order valence-electron chi connectivity index (χ1n) is 7.85. The minimum absolute atomic E-state index is 0.115. The molecular formula is C18H23FN2O. The molecular weight excluding hydrogens is 279 g/mol. The van der Waals surface area contributed by atoms with E-state index in [0.717, 1.165) is 38.2 Å². The monoisotopic (exact) mass is 302 g/mol. The minimum Gasteiger partial charge on any atom is -0.385 e. The van der Waals surface area contributed by atoms with Crippen LogP contribution >= 0.6 is 0 Å². The van der Waals surface area contributed by atoms with Gasteiger partial charge in [-0.1, -0.05) is 18.2 Å². The second-order valence-electron chi connectivity index (χ2n) is 6.06. The SMILES string of the molecule is COCCC1CN(Cc2ccccc2F)Cc2cccn2C1. The summed E-state index contributed by atoms with van der Waals surface area (Å²) in [5.74, 6) is 0.413. The van der Waals surface area contributed by atoms with E-state index in [2.05, 4.69) is 27.8 Å². The van der Waals surface area contributed by atoms with E-state index in [9.17, 15) is 4.39 Å². The molecule has 1 aromatic carbocycles. The largest absolute Gasteiger partial charge is 0.385 e. The third kappa shape index (κ3) is 3.57. The summed E-state index contributed by atoms with van der Waals surface area (Å²) in [6, 6.07) is 11.3. The highest BCUT2D eigenvalue weighted by molar-refractivity contribution is 5.18. The van der Waals surface area contributed by atoms with E-state index < -0.39 is 0 Å². The maximum atomic E-state index is 13.9. The molecule has 1 aliphatic rings. The Balaban J connectivity index is 1.76. The molecule has 1 aliphatic heterocycles. The molecule has 0 fully saturated rings. The van der Waals surface area contributed by atoms with E-state index in [-0.39, 0.29) is 5.82 Å². The molecule has 0 N–H and O–H groups in total. The summed E-state index contributed by atoms with van der Waals surface area (Å²) >= 11 is 0. The number of nitrogens with zero attached hydrogens (tertiary/aromatic N) is 2. The van der Waals surface area contributed by atoms with Crippen LogP contribution in [0, 0.1) is 11.7 Å². The zero-order valence-electron chi connectivity index (χ0n) is 13.0. The Hall–Kier alpha value is -1.65. The number of methoxy groups -OCH3 is 1. The van der Waals surface area contributed by atoms with Gasteiger partial charge in [0.1, 0.15) is 5.82 Å². The maximum Gasteiger partial charge on any atom is 0.127 e. The molecule has 3 rings (SSSR count). The first-order valence-corrected chi connectivity index (χ1v) is 7.85. The van der Waals surface area contributed by atoms with Crippen LogP contribution in [-0.2, 0) is 24.4 Å². The van der Waals surface area contributed by atoms with Crippen LogP contribution < -0.4 is 0 Å². The summed E-state index contributed by atoms with van der Waals surface area (Å²) in [6.07, 6.45) is 3.17. The molecule has 22 heavy (non-hydrogen) atoms. The number of benzene rings is 1. The average Bonchev–Trinajstić information content (AvgIpc) is 2.87. The van der Waals surface area contributed by atoms with Gasteiger partial charge >= 0.3 is 0 Å². The van der Waals surface area contributed by atoms with Gasteiger partial charge in [-0.25, -0.2) is 4.39 Å². The number of ether oxygens (including phenoxy) is 1. The zero-order chi connectivity index (χ0) is 15.4. The highest BCUT2D eigenvalue weighted by Gasteiger charge is 2.22. The Labute approximate surface area is 131 Å². The van der Waals surface area contributed by atoms with Crippen molar-refractivity contribution in [2.75, 3.05) is 20.3 Å². The van der Waals surface area contributed by atoms with Gasteiger partial charge < -0.3 is 9.30 Å². The molecule has 0 amide bonds. The zero-order valence-corrected chi connectivity index (χ0v) is 13.0. The molecule has 118 valence electrons. The van der Waals surface area contributed by atoms with Crippen LogP contribution in [-0.4, -0.2) is 29.7 Å². The smallest absolute Gasteiger partial charge is 0.127 e. The lowest BCUT2D eigenvalue weighted by atomic mass is 10.1. The summed E-state index contributed by atoms with van der Waals surface area (Å²) in [5.41, 5.74) is 2.07. The third-order valence-corrected chi connectivity index (χ3v) is 4.36. The second kappa shape index (κ2) is 7.07. The molecule has 1 atom stereocenters. The summed E-state index contributed by atoms with van der Waals surface area (Å²) in [4.78, 5) is 2.34. The van der Waals surface area contributed by atoms with E-state index in [0.29, 0.717) is 12.5 Å². The highest BCUT2D eigenvalue weighted by Crippen LogP contribution is 2.22. The van der Waals surface area contributed by atoms with Gasteiger partial charge in [-0.2, -0.15) is 0 Å². The maximum absolute atomic E-state index is 13.9. The number of fused-ring (bicyclic) bond motifs is 1. The van der Waals surface area contributed by atoms with E-state index in [1.165, 1.54) is 11.8 Å². The van der Waals surface area contributed by atoms with Crippen molar-refractivity contribution in [3.8, 4) is 0 Å². The van der Waals surface area contributed by atoms with Crippen LogP contribution in [0.1, 0.15) is 17.7 Å². The van der Waals surface area contributed by atoms with Gasteiger partial charge in [-0.15, -0.1) is 0 Å². The quantitative estimate of drug-likeness (QED) is 0.843. The Morgan fingerprint density at radius 1 is 1.18 bits per heavy atom. The van der Waals surface area contributed by atoms with Crippen molar-refractivity contribution in [2.45, 2.75) is 26.1 Å².